The molecule has 0 aromatic carbocycles. The van der Waals surface area contributed by atoms with Crippen LogP contribution in [-0.2, 0) is 19.2 Å². The van der Waals surface area contributed by atoms with Gasteiger partial charge in [-0.15, -0.1) is 24.8 Å². The lowest BCUT2D eigenvalue weighted by Crippen LogP contribution is -2.54. The van der Waals surface area contributed by atoms with E-state index in [1.54, 1.807) is 0 Å². The summed E-state index contributed by atoms with van der Waals surface area (Å²) in [6.07, 6.45) is 1.87. The second kappa shape index (κ2) is 15.7. The van der Waals surface area contributed by atoms with Crippen LogP contribution in [0.1, 0.15) is 52.4 Å². The highest BCUT2D eigenvalue weighted by atomic mass is 35.5. The van der Waals surface area contributed by atoms with Crippen molar-refractivity contribution in [3.05, 3.63) is 0 Å². The van der Waals surface area contributed by atoms with Crippen molar-refractivity contribution in [1.29, 1.82) is 0 Å². The molecule has 1 rings (SSSR count). The van der Waals surface area contributed by atoms with Crippen molar-refractivity contribution >= 4 is 54.3 Å². The zero-order valence-electron chi connectivity index (χ0n) is 18.6. The van der Waals surface area contributed by atoms with Gasteiger partial charge in [-0.3, -0.25) is 24.2 Å². The van der Waals surface area contributed by atoms with E-state index in [0.29, 0.717) is 38.8 Å². The molecule has 1 saturated heterocycles. The number of halogens is 2. The Kier molecular flexibility index (Phi) is 15.7. The summed E-state index contributed by atoms with van der Waals surface area (Å²) in [6.45, 7) is 4.56. The molecule has 1 fully saturated rings. The fourth-order valence-electron chi connectivity index (χ4n) is 3.51. The monoisotopic (exact) mass is 497 g/mol. The molecule has 0 bridgehead atoms. The lowest BCUT2D eigenvalue weighted by Gasteiger charge is -2.29. The summed E-state index contributed by atoms with van der Waals surface area (Å²) >= 11 is 0. The number of aliphatic imine (C=N–C) groups is 1. The number of carbonyl (C=O) groups is 4. The first kappa shape index (κ1) is 32.1. The molecule has 0 aromatic heterocycles. The molecule has 186 valence electrons. The number of hydrogen-bond acceptors (Lipinski definition) is 6. The highest BCUT2D eigenvalue weighted by Gasteiger charge is 2.37. The van der Waals surface area contributed by atoms with Crippen molar-refractivity contribution < 1.29 is 19.2 Å². The smallest absolute Gasteiger partial charge is 0.245 e. The summed E-state index contributed by atoms with van der Waals surface area (Å²) in [7, 11) is 0. The largest absolute Gasteiger partial charge is 0.370 e. The third kappa shape index (κ3) is 11.0. The number of nitrogens with zero attached hydrogens (tertiary/aromatic N) is 2. The Morgan fingerprint density at radius 2 is 1.75 bits per heavy atom. The molecule has 1 aliphatic rings. The van der Waals surface area contributed by atoms with Crippen molar-refractivity contribution in [3.8, 4) is 0 Å². The molecule has 9 N–H and O–H groups in total. The van der Waals surface area contributed by atoms with Gasteiger partial charge >= 0.3 is 0 Å². The van der Waals surface area contributed by atoms with Crippen molar-refractivity contribution in [1.82, 2.24) is 10.2 Å². The maximum atomic E-state index is 13.2. The number of nitrogens with one attached hydrogen (secondary N) is 1. The van der Waals surface area contributed by atoms with Crippen molar-refractivity contribution in [3.63, 3.8) is 0 Å². The van der Waals surface area contributed by atoms with Crippen LogP contribution < -0.4 is 28.3 Å². The minimum Gasteiger partial charge on any atom is -0.370 e. The molecule has 0 aliphatic carbocycles. The predicted octanol–water partition coefficient (Wildman–Crippen LogP) is -0.823. The van der Waals surface area contributed by atoms with Crippen LogP contribution in [0, 0.1) is 5.92 Å². The Bertz CT molecular complexity index is 672. The molecule has 11 nitrogen and oxygen atoms in total. The van der Waals surface area contributed by atoms with Gasteiger partial charge in [0.25, 0.3) is 0 Å². The summed E-state index contributed by atoms with van der Waals surface area (Å²) in [5.74, 6) is -1.78. The molecule has 32 heavy (non-hydrogen) atoms. The van der Waals surface area contributed by atoms with Crippen LogP contribution in [0.4, 0.5) is 0 Å². The Hall–Kier alpha value is -2.11. The van der Waals surface area contributed by atoms with Crippen LogP contribution in [0.5, 0.6) is 0 Å². The second-order valence-corrected chi connectivity index (χ2v) is 8.05. The maximum Gasteiger partial charge on any atom is 0.245 e. The van der Waals surface area contributed by atoms with Gasteiger partial charge in [0.2, 0.25) is 17.7 Å². The Labute approximate surface area is 201 Å². The molecule has 0 aromatic rings. The van der Waals surface area contributed by atoms with Crippen LogP contribution in [0.15, 0.2) is 4.99 Å². The van der Waals surface area contributed by atoms with Crippen molar-refractivity contribution in [2.45, 2.75) is 70.5 Å². The van der Waals surface area contributed by atoms with E-state index in [9.17, 15) is 19.2 Å². The van der Waals surface area contributed by atoms with Crippen LogP contribution in [-0.4, -0.2) is 65.6 Å². The average Bonchev–Trinajstić information content (AvgIpc) is 3.12. The number of rotatable bonds is 12. The van der Waals surface area contributed by atoms with Gasteiger partial charge in [0, 0.05) is 13.1 Å². The molecule has 0 unspecified atom stereocenters. The maximum absolute atomic E-state index is 13.2. The molecule has 0 spiro atoms. The van der Waals surface area contributed by atoms with E-state index in [1.165, 1.54) is 4.90 Å². The number of ketones is 1. The number of nitrogens with two attached hydrogens (primary N) is 4. The van der Waals surface area contributed by atoms with Gasteiger partial charge in [-0.05, 0) is 38.0 Å². The number of primary amides is 1. The van der Waals surface area contributed by atoms with Gasteiger partial charge < -0.3 is 33.2 Å². The molecule has 1 aliphatic heterocycles. The third-order valence-electron chi connectivity index (χ3n) is 4.88. The van der Waals surface area contributed by atoms with Crippen molar-refractivity contribution in [2.24, 2.45) is 33.8 Å². The predicted molar refractivity (Wildman–Crippen MR) is 127 cm³/mol. The van der Waals surface area contributed by atoms with Gasteiger partial charge in [0.1, 0.15) is 6.04 Å². The first-order valence-corrected chi connectivity index (χ1v) is 10.3. The zero-order chi connectivity index (χ0) is 22.8. The zero-order valence-corrected chi connectivity index (χ0v) is 20.3. The number of hydrogen-bond donors (Lipinski definition) is 5. The average molecular weight is 498 g/mol. The SMILES string of the molecule is CC(C)C[C@H](N)C(=O)N[C@@H](CCCN=C(N)N)C(=O)N1CCC[C@H]1C(=O)CC(N)=O.Cl.Cl. The van der Waals surface area contributed by atoms with E-state index in [4.69, 9.17) is 22.9 Å². The fraction of sp³-hybridized carbons (Fsp3) is 0.737. The summed E-state index contributed by atoms with van der Waals surface area (Å²) < 4.78 is 0. The Morgan fingerprint density at radius 3 is 2.28 bits per heavy atom. The lowest BCUT2D eigenvalue weighted by atomic mass is 10.0. The van der Waals surface area contributed by atoms with Gasteiger partial charge in [-0.1, -0.05) is 13.8 Å². The van der Waals surface area contributed by atoms with Gasteiger partial charge in [0.15, 0.2) is 11.7 Å². The van der Waals surface area contributed by atoms with Gasteiger partial charge in [0.05, 0.1) is 18.5 Å². The number of Topliss-reactive ketones (excluding diaryl/α,β-unsaturated/α-hetero) is 1. The lowest BCUT2D eigenvalue weighted by molar-refractivity contribution is -0.142. The van der Waals surface area contributed by atoms with E-state index in [0.717, 1.165) is 0 Å². The van der Waals surface area contributed by atoms with Crippen molar-refractivity contribution in [2.75, 3.05) is 13.1 Å². The topological polar surface area (TPSA) is 200 Å². The van der Waals surface area contributed by atoms with E-state index in [-0.39, 0.29) is 49.0 Å². The van der Waals surface area contributed by atoms with E-state index in [1.807, 2.05) is 13.8 Å². The first-order chi connectivity index (χ1) is 14.0. The molecule has 0 radical (unpaired) electrons. The normalized spacial score (nSPS) is 16.9. The molecule has 1 heterocycles. The fourth-order valence-corrected chi connectivity index (χ4v) is 3.51. The van der Waals surface area contributed by atoms with Crippen LogP contribution >= 0.6 is 24.8 Å². The summed E-state index contributed by atoms with van der Waals surface area (Å²) in [6, 6.07) is -2.33. The first-order valence-electron chi connectivity index (χ1n) is 10.3. The highest BCUT2D eigenvalue weighted by molar-refractivity contribution is 6.02. The van der Waals surface area contributed by atoms with E-state index >= 15 is 0 Å². The highest BCUT2D eigenvalue weighted by Crippen LogP contribution is 2.21. The van der Waals surface area contributed by atoms with Gasteiger partial charge in [-0.25, -0.2) is 0 Å². The standard InChI is InChI=1S/C19H35N7O4.2ClH/c1-11(2)9-12(20)17(29)25-13(5-3-7-24-19(22)23)18(30)26-8-4-6-14(26)15(27)10-16(21)28;;/h11-14H,3-10,20H2,1-2H3,(H2,21,28)(H,25,29)(H4,22,23,24);2*1H/t12-,13-,14-;;/m0../s1. The summed E-state index contributed by atoms with van der Waals surface area (Å²) in [5, 5.41) is 2.72. The van der Waals surface area contributed by atoms with Crippen LogP contribution in [0.3, 0.4) is 0 Å². The van der Waals surface area contributed by atoms with E-state index < -0.39 is 42.1 Å². The van der Waals surface area contributed by atoms with Gasteiger partial charge in [-0.2, -0.15) is 0 Å². The van der Waals surface area contributed by atoms with Crippen LogP contribution in [0.2, 0.25) is 0 Å². The molecule has 3 amide bonds. The number of carbonyl (C=O) groups excluding carboxylic acids is 4. The summed E-state index contributed by atoms with van der Waals surface area (Å²) in [5.41, 5.74) is 21.7. The Morgan fingerprint density at radius 1 is 1.12 bits per heavy atom. The second-order valence-electron chi connectivity index (χ2n) is 8.05. The van der Waals surface area contributed by atoms with E-state index in [2.05, 4.69) is 10.3 Å². The molecular formula is C19H37Cl2N7O4. The third-order valence-corrected chi connectivity index (χ3v) is 4.88. The number of likely N-dealkylation sites (tertiary alicyclic amines) is 1. The Balaban J connectivity index is 0. The molecular weight excluding hydrogens is 461 g/mol. The quantitative estimate of drug-likeness (QED) is 0.100. The molecule has 13 heteroatoms. The summed E-state index contributed by atoms with van der Waals surface area (Å²) in [4.78, 5) is 54.4. The number of guanidine groups is 1. The number of amides is 3. The minimum atomic E-state index is -0.869. The molecule has 3 atom stereocenters. The molecule has 0 saturated carbocycles. The van der Waals surface area contributed by atoms with Crippen LogP contribution in [0.25, 0.3) is 0 Å². The minimum absolute atomic E-state index is 0.